The first-order valence-corrected chi connectivity index (χ1v) is 7.01. The molecule has 0 saturated carbocycles. The predicted octanol–water partition coefficient (Wildman–Crippen LogP) is 1.36. The van der Waals surface area contributed by atoms with Crippen molar-refractivity contribution in [2.75, 3.05) is 45.8 Å². The first-order valence-electron chi connectivity index (χ1n) is 7.01. The summed E-state index contributed by atoms with van der Waals surface area (Å²) in [5.74, 6) is 1.43. The minimum Gasteiger partial charge on any atom is -0.497 e. The van der Waals surface area contributed by atoms with Crippen LogP contribution in [-0.4, -0.2) is 57.4 Å². The fourth-order valence-corrected chi connectivity index (χ4v) is 2.27. The van der Waals surface area contributed by atoms with E-state index in [1.807, 2.05) is 24.0 Å². The summed E-state index contributed by atoms with van der Waals surface area (Å²) in [6, 6.07) is 5.14. The van der Waals surface area contributed by atoms with Gasteiger partial charge in [0.1, 0.15) is 17.5 Å². The second-order valence-electron chi connectivity index (χ2n) is 4.87. The van der Waals surface area contributed by atoms with Crippen LogP contribution in [0.25, 0.3) is 0 Å². The maximum absolute atomic E-state index is 12.4. The molecule has 21 heavy (non-hydrogen) atoms. The van der Waals surface area contributed by atoms with Crippen molar-refractivity contribution in [1.29, 1.82) is 0 Å². The molecule has 1 N–H and O–H groups in total. The van der Waals surface area contributed by atoms with E-state index >= 15 is 0 Å². The van der Waals surface area contributed by atoms with Crippen LogP contribution in [-0.2, 0) is 9.53 Å². The van der Waals surface area contributed by atoms with Gasteiger partial charge >= 0.3 is 0 Å². The van der Waals surface area contributed by atoms with Gasteiger partial charge in [-0.1, -0.05) is 0 Å². The summed E-state index contributed by atoms with van der Waals surface area (Å²) in [5.41, 5.74) is 0.771. The molecule has 1 aromatic carbocycles. The number of morpholine rings is 1. The molecule has 0 bridgehead atoms. The fourth-order valence-electron chi connectivity index (χ4n) is 2.27. The van der Waals surface area contributed by atoms with Crippen LogP contribution in [0.1, 0.15) is 6.92 Å². The Kier molecular flexibility index (Phi) is 5.27. The molecule has 0 radical (unpaired) electrons. The smallest absolute Gasteiger partial charge is 0.244 e. The van der Waals surface area contributed by atoms with E-state index in [4.69, 9.17) is 14.2 Å². The molecule has 1 aliphatic rings. The van der Waals surface area contributed by atoms with Crippen molar-refractivity contribution < 1.29 is 19.0 Å². The van der Waals surface area contributed by atoms with Gasteiger partial charge in [-0.25, -0.2) is 0 Å². The van der Waals surface area contributed by atoms with Crippen molar-refractivity contribution in [2.24, 2.45) is 0 Å². The second kappa shape index (κ2) is 7.17. The summed E-state index contributed by atoms with van der Waals surface area (Å²) < 4.78 is 15.8. The molecular formula is C15H22N2O4. The number of carbonyl (C=O) groups is 1. The zero-order chi connectivity index (χ0) is 15.2. The number of hydrogen-bond donors (Lipinski definition) is 1. The second-order valence-corrected chi connectivity index (χ2v) is 4.87. The Morgan fingerprint density at radius 2 is 2.00 bits per heavy atom. The van der Waals surface area contributed by atoms with Crippen LogP contribution in [0, 0.1) is 0 Å². The van der Waals surface area contributed by atoms with E-state index in [1.165, 1.54) is 0 Å². The molecule has 0 spiro atoms. The summed E-state index contributed by atoms with van der Waals surface area (Å²) in [6.45, 7) is 4.34. The molecule has 2 rings (SSSR count). The highest BCUT2D eigenvalue weighted by atomic mass is 16.5. The summed E-state index contributed by atoms with van der Waals surface area (Å²) in [6.07, 6.45) is 0. The number of nitrogens with zero attached hydrogens (tertiary/aromatic N) is 1. The highest BCUT2D eigenvalue weighted by molar-refractivity contribution is 5.85. The number of ether oxygens (including phenoxy) is 3. The minimum atomic E-state index is -0.328. The first-order chi connectivity index (χ1) is 10.2. The lowest BCUT2D eigenvalue weighted by Gasteiger charge is -2.30. The number of nitrogens with one attached hydrogen (secondary N) is 1. The summed E-state index contributed by atoms with van der Waals surface area (Å²) in [5, 5.41) is 3.20. The Labute approximate surface area is 125 Å². The quantitative estimate of drug-likeness (QED) is 0.888. The zero-order valence-electron chi connectivity index (χ0n) is 12.7. The largest absolute Gasteiger partial charge is 0.497 e. The third-order valence-electron chi connectivity index (χ3n) is 3.47. The normalized spacial score (nSPS) is 16.2. The lowest BCUT2D eigenvalue weighted by molar-refractivity contribution is -0.135. The molecule has 1 saturated heterocycles. The number of anilines is 1. The van der Waals surface area contributed by atoms with Crippen LogP contribution >= 0.6 is 0 Å². The summed E-state index contributed by atoms with van der Waals surface area (Å²) in [7, 11) is 3.20. The van der Waals surface area contributed by atoms with Crippen molar-refractivity contribution in [3.8, 4) is 11.5 Å². The number of carbonyl (C=O) groups excluding carboxylic acids is 1. The van der Waals surface area contributed by atoms with Gasteiger partial charge in [0.15, 0.2) is 0 Å². The monoisotopic (exact) mass is 294 g/mol. The maximum Gasteiger partial charge on any atom is 0.244 e. The lowest BCUT2D eigenvalue weighted by Crippen LogP contribution is -2.47. The van der Waals surface area contributed by atoms with Gasteiger partial charge in [0.2, 0.25) is 5.91 Å². The van der Waals surface area contributed by atoms with E-state index in [2.05, 4.69) is 5.32 Å². The van der Waals surface area contributed by atoms with Crippen LogP contribution in [0.5, 0.6) is 11.5 Å². The van der Waals surface area contributed by atoms with Crippen LogP contribution in [0.4, 0.5) is 5.69 Å². The van der Waals surface area contributed by atoms with Crippen molar-refractivity contribution >= 4 is 11.6 Å². The maximum atomic E-state index is 12.4. The van der Waals surface area contributed by atoms with Crippen molar-refractivity contribution in [3.05, 3.63) is 18.2 Å². The zero-order valence-corrected chi connectivity index (χ0v) is 12.7. The van der Waals surface area contributed by atoms with Crippen LogP contribution in [0.3, 0.4) is 0 Å². The van der Waals surface area contributed by atoms with Gasteiger partial charge in [-0.15, -0.1) is 0 Å². The molecular weight excluding hydrogens is 272 g/mol. The molecule has 6 nitrogen and oxygen atoms in total. The van der Waals surface area contributed by atoms with Crippen molar-refractivity contribution in [1.82, 2.24) is 4.90 Å². The van der Waals surface area contributed by atoms with Crippen molar-refractivity contribution in [3.63, 3.8) is 0 Å². The Bertz CT molecular complexity index is 487. The van der Waals surface area contributed by atoms with E-state index in [0.717, 1.165) is 5.69 Å². The Balaban J connectivity index is 2.04. The predicted molar refractivity (Wildman–Crippen MR) is 80.0 cm³/mol. The molecule has 0 aliphatic carbocycles. The third-order valence-corrected chi connectivity index (χ3v) is 3.47. The molecule has 0 unspecified atom stereocenters. The number of hydrogen-bond acceptors (Lipinski definition) is 5. The molecule has 0 aromatic heterocycles. The van der Waals surface area contributed by atoms with Crippen LogP contribution in [0.2, 0.25) is 0 Å². The van der Waals surface area contributed by atoms with Gasteiger partial charge < -0.3 is 24.4 Å². The number of benzene rings is 1. The van der Waals surface area contributed by atoms with Gasteiger partial charge in [-0.05, 0) is 19.1 Å². The van der Waals surface area contributed by atoms with E-state index in [9.17, 15) is 4.79 Å². The van der Waals surface area contributed by atoms with Gasteiger partial charge in [-0.2, -0.15) is 0 Å². The van der Waals surface area contributed by atoms with Crippen LogP contribution in [0.15, 0.2) is 18.2 Å². The topological polar surface area (TPSA) is 60.0 Å². The fraction of sp³-hybridized carbons (Fsp3) is 0.533. The lowest BCUT2D eigenvalue weighted by atomic mass is 10.2. The van der Waals surface area contributed by atoms with Gasteiger partial charge in [0.05, 0.1) is 33.1 Å². The molecule has 1 atom stereocenters. The first kappa shape index (κ1) is 15.4. The molecule has 1 aliphatic heterocycles. The number of amides is 1. The van der Waals surface area contributed by atoms with Gasteiger partial charge in [-0.3, -0.25) is 4.79 Å². The molecule has 1 fully saturated rings. The molecule has 1 amide bonds. The summed E-state index contributed by atoms with van der Waals surface area (Å²) in [4.78, 5) is 14.2. The summed E-state index contributed by atoms with van der Waals surface area (Å²) >= 11 is 0. The highest BCUT2D eigenvalue weighted by Crippen LogP contribution is 2.29. The average Bonchev–Trinajstić information content (AvgIpc) is 2.55. The van der Waals surface area contributed by atoms with E-state index in [-0.39, 0.29) is 11.9 Å². The van der Waals surface area contributed by atoms with Gasteiger partial charge in [0.25, 0.3) is 0 Å². The molecule has 116 valence electrons. The van der Waals surface area contributed by atoms with Crippen molar-refractivity contribution in [2.45, 2.75) is 13.0 Å². The van der Waals surface area contributed by atoms with E-state index in [0.29, 0.717) is 37.8 Å². The molecule has 6 heteroatoms. The molecule has 1 aromatic rings. The highest BCUT2D eigenvalue weighted by Gasteiger charge is 2.23. The molecule has 1 heterocycles. The number of methoxy groups -OCH3 is 2. The average molecular weight is 294 g/mol. The Morgan fingerprint density at radius 3 is 2.62 bits per heavy atom. The van der Waals surface area contributed by atoms with E-state index < -0.39 is 0 Å². The van der Waals surface area contributed by atoms with Crippen LogP contribution < -0.4 is 14.8 Å². The Morgan fingerprint density at radius 1 is 1.29 bits per heavy atom. The number of rotatable bonds is 5. The SMILES string of the molecule is COc1ccc(N[C@@H](C)C(=O)N2CCOCC2)c(OC)c1. The minimum absolute atomic E-state index is 0.0659. The van der Waals surface area contributed by atoms with E-state index in [1.54, 1.807) is 20.3 Å². The third kappa shape index (κ3) is 3.78. The van der Waals surface area contributed by atoms with Gasteiger partial charge in [0, 0.05) is 19.2 Å². The Hall–Kier alpha value is -1.95. The standard InChI is InChI=1S/C15H22N2O4/c1-11(15(18)17-6-8-21-9-7-17)16-13-5-4-12(19-2)10-14(13)20-3/h4-5,10-11,16H,6-9H2,1-3H3/t11-/m0/s1.